The lowest BCUT2D eigenvalue weighted by Gasteiger charge is -2.12. The van der Waals surface area contributed by atoms with Crippen molar-refractivity contribution in [1.29, 1.82) is 0 Å². The van der Waals surface area contributed by atoms with Crippen LogP contribution in [0.15, 0.2) is 22.7 Å². The number of benzene rings is 1. The van der Waals surface area contributed by atoms with Gasteiger partial charge in [0.05, 0.1) is 6.04 Å². The number of amides is 3. The minimum Gasteiger partial charge on any atom is -0.354 e. The van der Waals surface area contributed by atoms with Gasteiger partial charge in [0.25, 0.3) is 0 Å². The maximum Gasteiger partial charge on any atom is 0.319 e. The van der Waals surface area contributed by atoms with Gasteiger partial charge in [-0.1, -0.05) is 15.9 Å². The molecule has 0 unspecified atom stereocenters. The third-order valence-corrected chi connectivity index (χ3v) is 3.62. The summed E-state index contributed by atoms with van der Waals surface area (Å²) in [4.78, 5) is 22.7. The molecule has 1 aromatic carbocycles. The Morgan fingerprint density at radius 1 is 1.50 bits per heavy atom. The zero-order valence-corrected chi connectivity index (χ0v) is 11.5. The smallest absolute Gasteiger partial charge is 0.319 e. The maximum absolute atomic E-state index is 11.7. The van der Waals surface area contributed by atoms with Crippen LogP contribution in [-0.4, -0.2) is 24.5 Å². The number of aryl methyl sites for hydroxylation is 1. The SMILES string of the molecule is Cc1cc(NC(=O)N[C@@H]2CNC(=O)C2)ccc1Br. The molecule has 0 aliphatic carbocycles. The monoisotopic (exact) mass is 311 g/mol. The van der Waals surface area contributed by atoms with Crippen molar-refractivity contribution in [3.05, 3.63) is 28.2 Å². The molecule has 0 aromatic heterocycles. The molecule has 96 valence electrons. The van der Waals surface area contributed by atoms with Crippen molar-refractivity contribution in [1.82, 2.24) is 10.6 Å². The summed E-state index contributed by atoms with van der Waals surface area (Å²) in [6.07, 6.45) is 0.340. The number of hydrogen-bond acceptors (Lipinski definition) is 2. The van der Waals surface area contributed by atoms with E-state index in [1.54, 1.807) is 0 Å². The van der Waals surface area contributed by atoms with Gasteiger partial charge in [0.15, 0.2) is 0 Å². The number of nitrogens with one attached hydrogen (secondary N) is 3. The Hall–Kier alpha value is -1.56. The third-order valence-electron chi connectivity index (χ3n) is 2.73. The maximum atomic E-state index is 11.7. The van der Waals surface area contributed by atoms with Gasteiger partial charge in [0.2, 0.25) is 5.91 Å². The van der Waals surface area contributed by atoms with Crippen LogP contribution in [0.4, 0.5) is 10.5 Å². The Bertz CT molecular complexity index is 490. The largest absolute Gasteiger partial charge is 0.354 e. The lowest BCUT2D eigenvalue weighted by atomic mass is 10.2. The van der Waals surface area contributed by atoms with Crippen LogP contribution in [0.3, 0.4) is 0 Å². The van der Waals surface area contributed by atoms with Gasteiger partial charge >= 0.3 is 6.03 Å². The van der Waals surface area contributed by atoms with E-state index in [1.165, 1.54) is 0 Å². The fourth-order valence-electron chi connectivity index (χ4n) is 1.78. The van der Waals surface area contributed by atoms with Crippen LogP contribution in [0.1, 0.15) is 12.0 Å². The van der Waals surface area contributed by atoms with Crippen molar-refractivity contribution >= 4 is 33.6 Å². The van der Waals surface area contributed by atoms with Crippen LogP contribution in [-0.2, 0) is 4.79 Å². The predicted molar refractivity (Wildman–Crippen MR) is 72.4 cm³/mol. The Labute approximate surface area is 113 Å². The first-order valence-electron chi connectivity index (χ1n) is 5.65. The zero-order valence-electron chi connectivity index (χ0n) is 9.92. The standard InChI is InChI=1S/C12H14BrN3O2/c1-7-4-8(2-3-10(7)13)15-12(18)16-9-5-11(17)14-6-9/h2-4,9H,5-6H2,1H3,(H,14,17)(H2,15,16,18)/t9-/m0/s1. The van der Waals surface area contributed by atoms with Crippen molar-refractivity contribution in [3.63, 3.8) is 0 Å². The van der Waals surface area contributed by atoms with Gasteiger partial charge in [-0.25, -0.2) is 4.79 Å². The highest BCUT2D eigenvalue weighted by atomic mass is 79.9. The first-order chi connectivity index (χ1) is 8.54. The Balaban J connectivity index is 1.90. The molecule has 1 aliphatic heterocycles. The fraction of sp³-hybridized carbons (Fsp3) is 0.333. The van der Waals surface area contributed by atoms with Gasteiger partial charge in [-0.3, -0.25) is 4.79 Å². The molecule has 3 N–H and O–H groups in total. The third kappa shape index (κ3) is 3.22. The lowest BCUT2D eigenvalue weighted by molar-refractivity contribution is -0.119. The first-order valence-corrected chi connectivity index (χ1v) is 6.44. The molecule has 18 heavy (non-hydrogen) atoms. The average Bonchev–Trinajstić information content (AvgIpc) is 2.69. The quantitative estimate of drug-likeness (QED) is 0.779. The van der Waals surface area contributed by atoms with E-state index < -0.39 is 0 Å². The minimum absolute atomic E-state index is 0.0280. The molecule has 1 aromatic rings. The molecule has 1 saturated heterocycles. The van der Waals surface area contributed by atoms with Gasteiger partial charge in [-0.2, -0.15) is 0 Å². The second-order valence-corrected chi connectivity index (χ2v) is 5.12. The van der Waals surface area contributed by atoms with E-state index in [1.807, 2.05) is 25.1 Å². The number of halogens is 1. The summed E-state index contributed by atoms with van der Waals surface area (Å²) in [6.45, 7) is 2.44. The second-order valence-electron chi connectivity index (χ2n) is 4.27. The average molecular weight is 312 g/mol. The van der Waals surface area contributed by atoms with Crippen molar-refractivity contribution in [2.45, 2.75) is 19.4 Å². The highest BCUT2D eigenvalue weighted by molar-refractivity contribution is 9.10. The minimum atomic E-state index is -0.293. The van der Waals surface area contributed by atoms with Crippen LogP contribution in [0.25, 0.3) is 0 Å². The highest BCUT2D eigenvalue weighted by Gasteiger charge is 2.22. The number of anilines is 1. The van der Waals surface area contributed by atoms with Crippen LogP contribution in [0, 0.1) is 6.92 Å². The molecule has 5 nitrogen and oxygen atoms in total. The first kappa shape index (κ1) is 12.9. The van der Waals surface area contributed by atoms with E-state index >= 15 is 0 Å². The summed E-state index contributed by atoms with van der Waals surface area (Å²) >= 11 is 3.40. The molecule has 0 spiro atoms. The van der Waals surface area contributed by atoms with E-state index in [0.29, 0.717) is 13.0 Å². The molecule has 6 heteroatoms. The molecule has 0 saturated carbocycles. The number of urea groups is 1. The topological polar surface area (TPSA) is 70.2 Å². The number of carbonyl (C=O) groups excluding carboxylic acids is 2. The molecule has 3 amide bonds. The fourth-order valence-corrected chi connectivity index (χ4v) is 2.03. The van der Waals surface area contributed by atoms with E-state index in [9.17, 15) is 9.59 Å². The molecule has 1 aliphatic rings. The molecule has 0 bridgehead atoms. The zero-order chi connectivity index (χ0) is 13.1. The van der Waals surface area contributed by atoms with E-state index in [2.05, 4.69) is 31.9 Å². The number of rotatable bonds is 2. The summed E-state index contributed by atoms with van der Waals surface area (Å²) in [5, 5.41) is 8.16. The van der Waals surface area contributed by atoms with E-state index in [0.717, 1.165) is 15.7 Å². The normalized spacial score (nSPS) is 18.3. The molecule has 1 heterocycles. The van der Waals surface area contributed by atoms with E-state index in [-0.39, 0.29) is 18.0 Å². The number of carbonyl (C=O) groups is 2. The molecular formula is C12H14BrN3O2. The summed E-state index contributed by atoms with van der Waals surface area (Å²) < 4.78 is 0.999. The molecule has 1 fully saturated rings. The van der Waals surface area contributed by atoms with Crippen molar-refractivity contribution in [2.24, 2.45) is 0 Å². The van der Waals surface area contributed by atoms with Gasteiger partial charge in [0, 0.05) is 23.1 Å². The van der Waals surface area contributed by atoms with Crippen LogP contribution in [0.5, 0.6) is 0 Å². The summed E-state index contributed by atoms with van der Waals surface area (Å²) in [7, 11) is 0. The summed E-state index contributed by atoms with van der Waals surface area (Å²) in [6, 6.07) is 5.15. The van der Waals surface area contributed by atoms with Gasteiger partial charge in [0.1, 0.15) is 0 Å². The highest BCUT2D eigenvalue weighted by Crippen LogP contribution is 2.19. The molecule has 0 radical (unpaired) electrons. The molecular weight excluding hydrogens is 298 g/mol. The van der Waals surface area contributed by atoms with Crippen molar-refractivity contribution < 1.29 is 9.59 Å². The van der Waals surface area contributed by atoms with Gasteiger partial charge < -0.3 is 16.0 Å². The van der Waals surface area contributed by atoms with Crippen LogP contribution >= 0.6 is 15.9 Å². The van der Waals surface area contributed by atoms with E-state index in [4.69, 9.17) is 0 Å². The second kappa shape index (κ2) is 5.39. The van der Waals surface area contributed by atoms with Crippen LogP contribution in [0.2, 0.25) is 0 Å². The van der Waals surface area contributed by atoms with Gasteiger partial charge in [-0.05, 0) is 30.7 Å². The molecule has 2 rings (SSSR count). The number of hydrogen-bond donors (Lipinski definition) is 3. The Morgan fingerprint density at radius 2 is 2.28 bits per heavy atom. The lowest BCUT2D eigenvalue weighted by Crippen LogP contribution is -2.39. The van der Waals surface area contributed by atoms with Crippen molar-refractivity contribution in [2.75, 3.05) is 11.9 Å². The molecule has 1 atom stereocenters. The Morgan fingerprint density at radius 3 is 2.89 bits per heavy atom. The van der Waals surface area contributed by atoms with Gasteiger partial charge in [-0.15, -0.1) is 0 Å². The Kier molecular flexibility index (Phi) is 3.86. The summed E-state index contributed by atoms with van der Waals surface area (Å²) in [5.41, 5.74) is 1.77. The summed E-state index contributed by atoms with van der Waals surface area (Å²) in [5.74, 6) is -0.0280. The van der Waals surface area contributed by atoms with Crippen LogP contribution < -0.4 is 16.0 Å². The van der Waals surface area contributed by atoms with Crippen molar-refractivity contribution in [3.8, 4) is 0 Å². The predicted octanol–water partition coefficient (Wildman–Crippen LogP) is 1.77.